The summed E-state index contributed by atoms with van der Waals surface area (Å²) in [5, 5.41) is 23.9. The van der Waals surface area contributed by atoms with Crippen molar-refractivity contribution in [2.45, 2.75) is 19.1 Å². The molecule has 0 spiro atoms. The molecule has 1 aromatic rings. The van der Waals surface area contributed by atoms with Gasteiger partial charge in [0, 0.05) is 0 Å². The average molecular weight is 261 g/mol. The van der Waals surface area contributed by atoms with Crippen LogP contribution in [0.2, 0.25) is 0 Å². The first-order valence-electron chi connectivity index (χ1n) is 4.89. The van der Waals surface area contributed by atoms with Crippen molar-refractivity contribution in [1.82, 2.24) is 9.78 Å². The standard InChI is InChI=1S/C8H11N3O5S/c1-5-2-10(9-8(5)11(13)14)6-3-17(15,16)4-7(6)12/h2,6-7,12H,3-4H2,1H3. The van der Waals surface area contributed by atoms with Crippen LogP contribution in [0.4, 0.5) is 5.82 Å². The third-order valence-corrected chi connectivity index (χ3v) is 4.39. The van der Waals surface area contributed by atoms with Gasteiger partial charge in [-0.3, -0.25) is 0 Å². The summed E-state index contributed by atoms with van der Waals surface area (Å²) in [5.74, 6) is -0.891. The molecule has 2 unspecified atom stereocenters. The van der Waals surface area contributed by atoms with Crippen molar-refractivity contribution in [3.05, 3.63) is 21.9 Å². The van der Waals surface area contributed by atoms with Gasteiger partial charge >= 0.3 is 5.82 Å². The Bertz CT molecular complexity index is 564. The van der Waals surface area contributed by atoms with Crippen molar-refractivity contribution < 1.29 is 18.4 Å². The summed E-state index contributed by atoms with van der Waals surface area (Å²) in [6.07, 6.45) is 0.311. The lowest BCUT2D eigenvalue weighted by molar-refractivity contribution is -0.390. The van der Waals surface area contributed by atoms with Crippen LogP contribution in [-0.4, -0.2) is 45.8 Å². The van der Waals surface area contributed by atoms with Gasteiger partial charge in [-0.2, -0.15) is 4.68 Å². The van der Waals surface area contributed by atoms with Crippen molar-refractivity contribution >= 4 is 15.7 Å². The third-order valence-electron chi connectivity index (χ3n) is 2.70. The first-order valence-corrected chi connectivity index (χ1v) is 6.71. The summed E-state index contributed by atoms with van der Waals surface area (Å²) in [6.45, 7) is 1.51. The number of aryl methyl sites for hydroxylation is 1. The molecule has 0 aromatic carbocycles. The number of nitro groups is 1. The largest absolute Gasteiger partial charge is 0.392 e. The van der Waals surface area contributed by atoms with Crippen LogP contribution in [0, 0.1) is 17.0 Å². The third kappa shape index (κ3) is 2.15. The molecule has 94 valence electrons. The lowest BCUT2D eigenvalue weighted by Crippen LogP contribution is -2.22. The van der Waals surface area contributed by atoms with Crippen LogP contribution in [0.1, 0.15) is 11.6 Å². The highest BCUT2D eigenvalue weighted by atomic mass is 32.2. The molecule has 0 bridgehead atoms. The van der Waals surface area contributed by atoms with E-state index in [2.05, 4.69) is 5.10 Å². The van der Waals surface area contributed by atoms with Gasteiger partial charge in [-0.05, 0) is 11.8 Å². The van der Waals surface area contributed by atoms with Gasteiger partial charge in [0.2, 0.25) is 0 Å². The van der Waals surface area contributed by atoms with Gasteiger partial charge < -0.3 is 15.2 Å². The van der Waals surface area contributed by atoms with Gasteiger partial charge in [-0.15, -0.1) is 0 Å². The van der Waals surface area contributed by atoms with Gasteiger partial charge in [-0.1, -0.05) is 0 Å². The fourth-order valence-electron chi connectivity index (χ4n) is 1.89. The number of sulfone groups is 1. The molecule has 17 heavy (non-hydrogen) atoms. The summed E-state index contributed by atoms with van der Waals surface area (Å²) in [5.41, 5.74) is 0.339. The Morgan fingerprint density at radius 3 is 2.65 bits per heavy atom. The second kappa shape index (κ2) is 3.77. The van der Waals surface area contributed by atoms with E-state index in [4.69, 9.17) is 0 Å². The van der Waals surface area contributed by atoms with E-state index >= 15 is 0 Å². The van der Waals surface area contributed by atoms with E-state index < -0.39 is 26.9 Å². The maximum Gasteiger partial charge on any atom is 0.392 e. The molecule has 2 heterocycles. The van der Waals surface area contributed by atoms with E-state index in [0.29, 0.717) is 5.56 Å². The second-order valence-electron chi connectivity index (χ2n) is 4.08. The van der Waals surface area contributed by atoms with E-state index in [1.54, 1.807) is 0 Å². The van der Waals surface area contributed by atoms with Crippen LogP contribution in [0.5, 0.6) is 0 Å². The highest BCUT2D eigenvalue weighted by Crippen LogP contribution is 2.26. The van der Waals surface area contributed by atoms with Crippen molar-refractivity contribution in [1.29, 1.82) is 0 Å². The molecule has 1 saturated heterocycles. The maximum absolute atomic E-state index is 11.3. The van der Waals surface area contributed by atoms with E-state index in [1.807, 2.05) is 0 Å². The number of aliphatic hydroxyl groups is 1. The number of rotatable bonds is 2. The van der Waals surface area contributed by atoms with Crippen LogP contribution >= 0.6 is 0 Å². The summed E-state index contributed by atoms with van der Waals surface area (Å²) < 4.78 is 23.8. The Morgan fingerprint density at radius 2 is 2.24 bits per heavy atom. The number of aliphatic hydroxyl groups excluding tert-OH is 1. The Hall–Kier alpha value is -1.48. The van der Waals surface area contributed by atoms with Crippen LogP contribution in [-0.2, 0) is 9.84 Å². The zero-order valence-corrected chi connectivity index (χ0v) is 9.79. The number of hydrogen-bond donors (Lipinski definition) is 1. The lowest BCUT2D eigenvalue weighted by Gasteiger charge is -2.08. The van der Waals surface area contributed by atoms with Crippen LogP contribution in [0.15, 0.2) is 6.20 Å². The van der Waals surface area contributed by atoms with E-state index in [9.17, 15) is 23.6 Å². The van der Waals surface area contributed by atoms with Gasteiger partial charge in [0.25, 0.3) is 0 Å². The quantitative estimate of drug-likeness (QED) is 0.563. The monoisotopic (exact) mass is 261 g/mol. The fraction of sp³-hybridized carbons (Fsp3) is 0.625. The topological polar surface area (TPSA) is 115 Å². The van der Waals surface area contributed by atoms with E-state index in [-0.39, 0.29) is 17.3 Å². The van der Waals surface area contributed by atoms with Gasteiger partial charge in [-0.25, -0.2) is 8.42 Å². The highest BCUT2D eigenvalue weighted by molar-refractivity contribution is 7.91. The first-order chi connectivity index (χ1) is 7.80. The zero-order chi connectivity index (χ0) is 12.8. The van der Waals surface area contributed by atoms with Crippen molar-refractivity contribution in [2.24, 2.45) is 0 Å². The molecule has 2 rings (SSSR count). The summed E-state index contributed by atoms with van der Waals surface area (Å²) >= 11 is 0. The number of nitrogens with zero attached hydrogens (tertiary/aromatic N) is 3. The van der Waals surface area contributed by atoms with Gasteiger partial charge in [0.05, 0.1) is 34.5 Å². The number of hydrogen-bond acceptors (Lipinski definition) is 6. The normalized spacial score (nSPS) is 27.2. The molecule has 0 amide bonds. The Balaban J connectivity index is 2.36. The van der Waals surface area contributed by atoms with E-state index in [1.165, 1.54) is 17.8 Å². The fourth-order valence-corrected chi connectivity index (χ4v) is 3.66. The predicted octanol–water partition coefficient (Wildman–Crippen LogP) is -0.570. The minimum atomic E-state index is -3.30. The van der Waals surface area contributed by atoms with Gasteiger partial charge in [0.15, 0.2) is 9.84 Å². The minimum absolute atomic E-state index is 0.244. The molecule has 2 atom stereocenters. The molecule has 0 aliphatic carbocycles. The Labute approximate surface area is 96.9 Å². The van der Waals surface area contributed by atoms with Crippen molar-refractivity contribution in [3.8, 4) is 0 Å². The predicted molar refractivity (Wildman–Crippen MR) is 57.3 cm³/mol. The molecule has 8 nitrogen and oxygen atoms in total. The second-order valence-corrected chi connectivity index (χ2v) is 6.24. The molecule has 1 fully saturated rings. The molecule has 9 heteroatoms. The van der Waals surface area contributed by atoms with Crippen LogP contribution in [0.25, 0.3) is 0 Å². The summed E-state index contributed by atoms with van der Waals surface area (Å²) in [7, 11) is -3.30. The zero-order valence-electron chi connectivity index (χ0n) is 8.98. The molecule has 1 aliphatic rings. The molecular weight excluding hydrogens is 250 g/mol. The smallest absolute Gasteiger partial charge is 0.390 e. The molecule has 1 aliphatic heterocycles. The minimum Gasteiger partial charge on any atom is -0.390 e. The first kappa shape index (κ1) is 12.0. The molecular formula is C8H11N3O5S. The van der Waals surface area contributed by atoms with Crippen LogP contribution < -0.4 is 0 Å². The maximum atomic E-state index is 11.3. The van der Waals surface area contributed by atoms with Crippen molar-refractivity contribution in [2.75, 3.05) is 11.5 Å². The van der Waals surface area contributed by atoms with Crippen LogP contribution in [0.3, 0.4) is 0 Å². The Kier molecular flexibility index (Phi) is 2.66. The molecule has 1 aromatic heterocycles. The lowest BCUT2D eigenvalue weighted by atomic mass is 10.2. The average Bonchev–Trinajstić information content (AvgIpc) is 2.66. The van der Waals surface area contributed by atoms with E-state index in [0.717, 1.165) is 0 Å². The highest BCUT2D eigenvalue weighted by Gasteiger charge is 2.40. The molecule has 0 radical (unpaired) electrons. The summed E-state index contributed by atoms with van der Waals surface area (Å²) in [4.78, 5) is 9.97. The molecule has 1 N–H and O–H groups in total. The Morgan fingerprint density at radius 1 is 1.59 bits per heavy atom. The number of aromatic nitrogens is 2. The van der Waals surface area contributed by atoms with Gasteiger partial charge in [0.1, 0.15) is 6.04 Å². The van der Waals surface area contributed by atoms with Crippen molar-refractivity contribution in [3.63, 3.8) is 0 Å². The SMILES string of the molecule is Cc1cn(C2CS(=O)(=O)CC2O)nc1[N+](=O)[O-]. The molecule has 0 saturated carbocycles. The summed E-state index contributed by atoms with van der Waals surface area (Å²) in [6, 6.07) is -0.743.